The first-order valence-electron chi connectivity index (χ1n) is 7.72. The van der Waals surface area contributed by atoms with Crippen LogP contribution in [0.2, 0.25) is 0 Å². The SMILES string of the molecule is Cc1ccc(NC(=O)[C@@H](C)OC(=O)c2cccc(N(C)C)c2)cc1. The second-order valence-corrected chi connectivity index (χ2v) is 5.85. The van der Waals surface area contributed by atoms with Crippen molar-refractivity contribution in [2.45, 2.75) is 20.0 Å². The first-order chi connectivity index (χ1) is 11.4. The molecule has 0 saturated carbocycles. The Bertz CT molecular complexity index is 724. The molecule has 2 aromatic carbocycles. The molecule has 0 spiro atoms. The molecule has 1 amide bonds. The first-order valence-corrected chi connectivity index (χ1v) is 7.72. The van der Waals surface area contributed by atoms with E-state index < -0.39 is 12.1 Å². The van der Waals surface area contributed by atoms with E-state index in [4.69, 9.17) is 4.74 Å². The molecule has 0 aliphatic heterocycles. The van der Waals surface area contributed by atoms with Gasteiger partial charge in [0, 0.05) is 25.5 Å². The number of hydrogen-bond donors (Lipinski definition) is 1. The van der Waals surface area contributed by atoms with Crippen molar-refractivity contribution in [1.29, 1.82) is 0 Å². The Morgan fingerprint density at radius 3 is 2.38 bits per heavy atom. The number of carbonyl (C=O) groups excluding carboxylic acids is 2. The summed E-state index contributed by atoms with van der Waals surface area (Å²) in [7, 11) is 3.78. The summed E-state index contributed by atoms with van der Waals surface area (Å²) in [5.41, 5.74) is 3.08. The van der Waals surface area contributed by atoms with Crippen LogP contribution in [0.15, 0.2) is 48.5 Å². The van der Waals surface area contributed by atoms with Crippen molar-refractivity contribution >= 4 is 23.3 Å². The normalized spacial score (nSPS) is 11.5. The third-order valence-corrected chi connectivity index (χ3v) is 3.57. The highest BCUT2D eigenvalue weighted by atomic mass is 16.5. The molecule has 5 heteroatoms. The summed E-state index contributed by atoms with van der Waals surface area (Å²) in [6.45, 7) is 3.52. The van der Waals surface area contributed by atoms with Gasteiger partial charge >= 0.3 is 5.97 Å². The summed E-state index contributed by atoms with van der Waals surface area (Å²) in [5.74, 6) is -0.888. The molecule has 0 unspecified atom stereocenters. The van der Waals surface area contributed by atoms with Crippen molar-refractivity contribution in [3.05, 3.63) is 59.7 Å². The Morgan fingerprint density at radius 1 is 1.08 bits per heavy atom. The second kappa shape index (κ2) is 7.64. The zero-order valence-electron chi connectivity index (χ0n) is 14.4. The van der Waals surface area contributed by atoms with E-state index in [1.165, 1.54) is 0 Å². The molecule has 24 heavy (non-hydrogen) atoms. The van der Waals surface area contributed by atoms with Gasteiger partial charge in [0.2, 0.25) is 0 Å². The maximum absolute atomic E-state index is 12.2. The van der Waals surface area contributed by atoms with E-state index in [0.29, 0.717) is 11.3 Å². The van der Waals surface area contributed by atoms with Gasteiger partial charge in [-0.2, -0.15) is 0 Å². The van der Waals surface area contributed by atoms with Crippen LogP contribution >= 0.6 is 0 Å². The zero-order valence-corrected chi connectivity index (χ0v) is 14.4. The highest BCUT2D eigenvalue weighted by Gasteiger charge is 2.19. The fourth-order valence-electron chi connectivity index (χ4n) is 2.07. The Kier molecular flexibility index (Phi) is 5.58. The molecule has 1 N–H and O–H groups in total. The summed E-state index contributed by atoms with van der Waals surface area (Å²) < 4.78 is 5.26. The van der Waals surface area contributed by atoms with Crippen molar-refractivity contribution in [1.82, 2.24) is 0 Å². The Hall–Kier alpha value is -2.82. The third kappa shape index (κ3) is 4.59. The Labute approximate surface area is 142 Å². The molecular weight excluding hydrogens is 304 g/mol. The number of hydrogen-bond acceptors (Lipinski definition) is 4. The number of carbonyl (C=O) groups is 2. The lowest BCUT2D eigenvalue weighted by Gasteiger charge is -2.15. The molecule has 2 aromatic rings. The molecular formula is C19H22N2O3. The molecule has 0 bridgehead atoms. The summed E-state index contributed by atoms with van der Waals surface area (Å²) in [4.78, 5) is 26.2. The van der Waals surface area contributed by atoms with Crippen LogP contribution in [-0.4, -0.2) is 32.1 Å². The number of aryl methyl sites for hydroxylation is 1. The van der Waals surface area contributed by atoms with Crippen LogP contribution in [0.3, 0.4) is 0 Å². The van der Waals surface area contributed by atoms with E-state index in [-0.39, 0.29) is 5.91 Å². The van der Waals surface area contributed by atoms with Crippen molar-refractivity contribution in [2.75, 3.05) is 24.3 Å². The molecule has 0 fully saturated rings. The molecule has 0 aliphatic rings. The van der Waals surface area contributed by atoms with Crippen LogP contribution in [0, 0.1) is 6.92 Å². The highest BCUT2D eigenvalue weighted by molar-refractivity contribution is 5.97. The zero-order chi connectivity index (χ0) is 17.7. The average molecular weight is 326 g/mol. The summed E-state index contributed by atoms with van der Waals surface area (Å²) in [6.07, 6.45) is -0.887. The number of benzene rings is 2. The van der Waals surface area contributed by atoms with Gasteiger partial charge in [0.25, 0.3) is 5.91 Å². The molecule has 2 rings (SSSR count). The van der Waals surface area contributed by atoms with Gasteiger partial charge in [-0.05, 0) is 44.2 Å². The smallest absolute Gasteiger partial charge is 0.338 e. The molecule has 0 aromatic heterocycles. The van der Waals surface area contributed by atoms with Crippen LogP contribution in [0.1, 0.15) is 22.8 Å². The topological polar surface area (TPSA) is 58.6 Å². The van der Waals surface area contributed by atoms with Gasteiger partial charge in [0.15, 0.2) is 6.10 Å². The molecule has 0 radical (unpaired) electrons. The second-order valence-electron chi connectivity index (χ2n) is 5.85. The third-order valence-electron chi connectivity index (χ3n) is 3.57. The number of nitrogens with zero attached hydrogens (tertiary/aromatic N) is 1. The Morgan fingerprint density at radius 2 is 1.75 bits per heavy atom. The minimum Gasteiger partial charge on any atom is -0.449 e. The van der Waals surface area contributed by atoms with Gasteiger partial charge in [-0.3, -0.25) is 4.79 Å². The van der Waals surface area contributed by atoms with E-state index in [9.17, 15) is 9.59 Å². The maximum atomic E-state index is 12.2. The van der Waals surface area contributed by atoms with Crippen LogP contribution in [-0.2, 0) is 9.53 Å². The van der Waals surface area contributed by atoms with Crippen LogP contribution in [0.5, 0.6) is 0 Å². The van der Waals surface area contributed by atoms with Gasteiger partial charge in [-0.15, -0.1) is 0 Å². The minimum atomic E-state index is -0.887. The van der Waals surface area contributed by atoms with Gasteiger partial charge in [0.1, 0.15) is 0 Å². The van der Waals surface area contributed by atoms with E-state index >= 15 is 0 Å². The number of nitrogens with one attached hydrogen (secondary N) is 1. The largest absolute Gasteiger partial charge is 0.449 e. The van der Waals surface area contributed by atoms with E-state index in [1.54, 1.807) is 25.1 Å². The van der Waals surface area contributed by atoms with E-state index in [2.05, 4.69) is 5.32 Å². The van der Waals surface area contributed by atoms with Crippen LogP contribution < -0.4 is 10.2 Å². The molecule has 0 saturated heterocycles. The van der Waals surface area contributed by atoms with Crippen molar-refractivity contribution < 1.29 is 14.3 Å². The number of rotatable bonds is 5. The quantitative estimate of drug-likeness (QED) is 0.857. The summed E-state index contributed by atoms with van der Waals surface area (Å²) >= 11 is 0. The fraction of sp³-hybridized carbons (Fsp3) is 0.263. The van der Waals surface area contributed by atoms with Crippen molar-refractivity contribution in [2.24, 2.45) is 0 Å². The predicted octanol–water partition coefficient (Wildman–Crippen LogP) is 3.25. The van der Waals surface area contributed by atoms with Crippen molar-refractivity contribution in [3.8, 4) is 0 Å². The fourth-order valence-corrected chi connectivity index (χ4v) is 2.07. The van der Waals surface area contributed by atoms with Crippen molar-refractivity contribution in [3.63, 3.8) is 0 Å². The molecule has 1 atom stereocenters. The molecule has 0 aliphatic carbocycles. The lowest BCUT2D eigenvalue weighted by molar-refractivity contribution is -0.123. The number of anilines is 2. The van der Waals surface area contributed by atoms with E-state index in [0.717, 1.165) is 11.3 Å². The summed E-state index contributed by atoms with van der Waals surface area (Å²) in [5, 5.41) is 2.73. The average Bonchev–Trinajstić information content (AvgIpc) is 2.56. The summed E-state index contributed by atoms with van der Waals surface area (Å²) in [6, 6.07) is 14.5. The Balaban J connectivity index is 1.99. The molecule has 126 valence electrons. The molecule has 5 nitrogen and oxygen atoms in total. The first kappa shape index (κ1) is 17.5. The standard InChI is InChI=1S/C19H22N2O3/c1-13-8-10-16(11-9-13)20-18(22)14(2)24-19(23)15-6-5-7-17(12-15)21(3)4/h5-12,14H,1-4H3,(H,20,22)/t14-/m1/s1. The lowest BCUT2D eigenvalue weighted by Crippen LogP contribution is -2.30. The monoisotopic (exact) mass is 326 g/mol. The van der Waals surface area contributed by atoms with Gasteiger partial charge in [-0.1, -0.05) is 23.8 Å². The van der Waals surface area contributed by atoms with Gasteiger partial charge < -0.3 is 15.0 Å². The number of ether oxygens (including phenoxy) is 1. The lowest BCUT2D eigenvalue weighted by atomic mass is 10.2. The van der Waals surface area contributed by atoms with Gasteiger partial charge in [-0.25, -0.2) is 4.79 Å². The predicted molar refractivity (Wildman–Crippen MR) is 95.5 cm³/mol. The minimum absolute atomic E-state index is 0.365. The van der Waals surface area contributed by atoms with Crippen LogP contribution in [0.25, 0.3) is 0 Å². The highest BCUT2D eigenvalue weighted by Crippen LogP contribution is 2.15. The van der Waals surface area contributed by atoms with E-state index in [1.807, 2.05) is 56.3 Å². The molecule has 0 heterocycles. The van der Waals surface area contributed by atoms with Crippen LogP contribution in [0.4, 0.5) is 11.4 Å². The maximum Gasteiger partial charge on any atom is 0.338 e. The number of esters is 1. The van der Waals surface area contributed by atoms with Gasteiger partial charge in [0.05, 0.1) is 5.56 Å². The number of amides is 1.